The third kappa shape index (κ3) is 4.19. The van der Waals surface area contributed by atoms with Crippen molar-refractivity contribution in [1.82, 2.24) is 10.3 Å². The van der Waals surface area contributed by atoms with Gasteiger partial charge in [0.2, 0.25) is 5.96 Å². The van der Waals surface area contributed by atoms with Gasteiger partial charge < -0.3 is 4.90 Å². The largest absolute Gasteiger partial charge is 0.342 e. The van der Waals surface area contributed by atoms with Crippen molar-refractivity contribution in [3.8, 4) is 0 Å². The molecule has 1 fully saturated rings. The van der Waals surface area contributed by atoms with Gasteiger partial charge in [0, 0.05) is 13.1 Å². The van der Waals surface area contributed by atoms with Gasteiger partial charge in [0.15, 0.2) is 0 Å². The molecule has 1 aliphatic rings. The van der Waals surface area contributed by atoms with Gasteiger partial charge >= 0.3 is 0 Å². The van der Waals surface area contributed by atoms with Crippen LogP contribution in [0.5, 0.6) is 0 Å². The molecule has 0 amide bonds. The number of nitrogens with zero attached hydrogens (tertiary/aromatic N) is 2. The van der Waals surface area contributed by atoms with Crippen LogP contribution in [0.2, 0.25) is 0 Å². The first kappa shape index (κ1) is 14.3. The molecule has 1 rings (SSSR count). The van der Waals surface area contributed by atoms with Gasteiger partial charge in [-0.05, 0) is 25.7 Å². The number of hydrogen-bond donors (Lipinski definition) is 2. The third-order valence-corrected chi connectivity index (χ3v) is 3.92. The van der Waals surface area contributed by atoms with Crippen LogP contribution in [0.3, 0.4) is 0 Å². The van der Waals surface area contributed by atoms with Gasteiger partial charge in [0.25, 0.3) is 0 Å². The van der Waals surface area contributed by atoms with Crippen LogP contribution in [0.15, 0.2) is 4.99 Å². The lowest BCUT2D eigenvalue weighted by molar-refractivity contribution is 0.297. The first-order valence-electron chi connectivity index (χ1n) is 6.83. The number of rotatable bonds is 3. The summed E-state index contributed by atoms with van der Waals surface area (Å²) in [6.07, 6.45) is 6.37. The Kier molecular flexibility index (Phi) is 5.75. The van der Waals surface area contributed by atoms with Crippen LogP contribution in [0, 0.1) is 5.92 Å². The standard InChI is InChI=1S/C13H28N4/c1-10(2)11(3)17(4)13(16-14)15-12-8-6-5-7-9-12/h10-12H,5-9,14H2,1-4H3,(H,15,16). The van der Waals surface area contributed by atoms with Crippen LogP contribution in [-0.4, -0.2) is 30.0 Å². The highest BCUT2D eigenvalue weighted by Gasteiger charge is 2.19. The molecule has 1 atom stereocenters. The second-order valence-corrected chi connectivity index (χ2v) is 5.48. The average Bonchev–Trinajstić information content (AvgIpc) is 2.35. The van der Waals surface area contributed by atoms with E-state index in [0.29, 0.717) is 18.0 Å². The molecule has 17 heavy (non-hydrogen) atoms. The Balaban J connectivity index is 2.64. The summed E-state index contributed by atoms with van der Waals surface area (Å²) in [7, 11) is 2.06. The lowest BCUT2D eigenvalue weighted by Crippen LogP contribution is -2.48. The van der Waals surface area contributed by atoms with Crippen molar-refractivity contribution in [3.05, 3.63) is 0 Å². The molecule has 1 unspecified atom stereocenters. The van der Waals surface area contributed by atoms with Crippen molar-refractivity contribution < 1.29 is 0 Å². The van der Waals surface area contributed by atoms with E-state index in [-0.39, 0.29) is 0 Å². The summed E-state index contributed by atoms with van der Waals surface area (Å²) in [6.45, 7) is 6.64. The second kappa shape index (κ2) is 6.84. The molecule has 0 aliphatic heterocycles. The van der Waals surface area contributed by atoms with Gasteiger partial charge in [-0.15, -0.1) is 0 Å². The third-order valence-electron chi connectivity index (χ3n) is 3.92. The van der Waals surface area contributed by atoms with Gasteiger partial charge in [-0.3, -0.25) is 5.43 Å². The predicted molar refractivity (Wildman–Crippen MR) is 73.7 cm³/mol. The molecule has 3 N–H and O–H groups in total. The molecule has 100 valence electrons. The zero-order valence-electron chi connectivity index (χ0n) is 11.7. The Bertz CT molecular complexity index is 244. The highest BCUT2D eigenvalue weighted by molar-refractivity contribution is 5.79. The molecule has 1 aliphatic carbocycles. The number of nitrogens with one attached hydrogen (secondary N) is 1. The molecule has 0 aromatic rings. The molecular weight excluding hydrogens is 212 g/mol. The topological polar surface area (TPSA) is 53.6 Å². The monoisotopic (exact) mass is 240 g/mol. The molecule has 0 saturated heterocycles. The van der Waals surface area contributed by atoms with E-state index in [4.69, 9.17) is 10.8 Å². The van der Waals surface area contributed by atoms with Crippen LogP contribution in [0.25, 0.3) is 0 Å². The van der Waals surface area contributed by atoms with E-state index >= 15 is 0 Å². The summed E-state index contributed by atoms with van der Waals surface area (Å²) >= 11 is 0. The normalized spacial score (nSPS) is 20.5. The van der Waals surface area contributed by atoms with Crippen molar-refractivity contribution in [2.24, 2.45) is 16.8 Å². The Labute approximate surface area is 106 Å². The van der Waals surface area contributed by atoms with Crippen LogP contribution in [0.1, 0.15) is 52.9 Å². The fourth-order valence-electron chi connectivity index (χ4n) is 2.25. The van der Waals surface area contributed by atoms with Crippen LogP contribution < -0.4 is 11.3 Å². The average molecular weight is 240 g/mol. The Morgan fingerprint density at radius 1 is 1.24 bits per heavy atom. The molecule has 1 saturated carbocycles. The molecule has 0 bridgehead atoms. The quantitative estimate of drug-likeness (QED) is 0.344. The Morgan fingerprint density at radius 3 is 2.29 bits per heavy atom. The van der Waals surface area contributed by atoms with Crippen LogP contribution in [0.4, 0.5) is 0 Å². The number of hydrogen-bond acceptors (Lipinski definition) is 2. The minimum absolute atomic E-state index is 0.438. The first-order chi connectivity index (χ1) is 8.06. The van der Waals surface area contributed by atoms with Crippen molar-refractivity contribution in [3.63, 3.8) is 0 Å². The SMILES string of the molecule is CC(C)C(C)N(C)C(=NC1CCCCC1)NN. The molecule has 0 aromatic carbocycles. The van der Waals surface area contributed by atoms with Gasteiger partial charge in [0.05, 0.1) is 6.04 Å². The van der Waals surface area contributed by atoms with E-state index < -0.39 is 0 Å². The zero-order valence-corrected chi connectivity index (χ0v) is 11.7. The van der Waals surface area contributed by atoms with Gasteiger partial charge in [-0.25, -0.2) is 10.8 Å². The molecule has 0 aromatic heterocycles. The fraction of sp³-hybridized carbons (Fsp3) is 0.923. The van der Waals surface area contributed by atoms with Crippen molar-refractivity contribution in [2.75, 3.05) is 7.05 Å². The number of aliphatic imine (C=N–C) groups is 1. The van der Waals surface area contributed by atoms with E-state index in [0.717, 1.165) is 5.96 Å². The van der Waals surface area contributed by atoms with E-state index in [1.54, 1.807) is 0 Å². The van der Waals surface area contributed by atoms with E-state index in [9.17, 15) is 0 Å². The number of nitrogens with two attached hydrogens (primary N) is 1. The second-order valence-electron chi connectivity index (χ2n) is 5.48. The summed E-state index contributed by atoms with van der Waals surface area (Å²) in [5.41, 5.74) is 2.76. The Hall–Kier alpha value is -0.770. The van der Waals surface area contributed by atoms with E-state index in [2.05, 4.69) is 38.1 Å². The van der Waals surface area contributed by atoms with Crippen molar-refractivity contribution >= 4 is 5.96 Å². The lowest BCUT2D eigenvalue weighted by atomic mass is 9.96. The predicted octanol–water partition coefficient (Wildman–Crippen LogP) is 2.11. The van der Waals surface area contributed by atoms with Crippen LogP contribution >= 0.6 is 0 Å². The molecule has 0 radical (unpaired) electrons. The van der Waals surface area contributed by atoms with Gasteiger partial charge in [-0.2, -0.15) is 0 Å². The number of hydrazine groups is 1. The molecule has 4 nitrogen and oxygen atoms in total. The van der Waals surface area contributed by atoms with Crippen molar-refractivity contribution in [2.45, 2.75) is 65.0 Å². The summed E-state index contributed by atoms with van der Waals surface area (Å²) in [5, 5.41) is 0. The maximum atomic E-state index is 5.61. The summed E-state index contributed by atoms with van der Waals surface area (Å²) in [6, 6.07) is 0.894. The minimum atomic E-state index is 0.438. The highest BCUT2D eigenvalue weighted by atomic mass is 15.4. The zero-order chi connectivity index (χ0) is 12.8. The Morgan fingerprint density at radius 2 is 1.82 bits per heavy atom. The summed E-state index contributed by atoms with van der Waals surface area (Å²) < 4.78 is 0. The van der Waals surface area contributed by atoms with Gasteiger partial charge in [0.1, 0.15) is 0 Å². The molecule has 4 heteroatoms. The summed E-state index contributed by atoms with van der Waals surface area (Å²) in [4.78, 5) is 6.92. The maximum Gasteiger partial charge on any atom is 0.208 e. The summed E-state index contributed by atoms with van der Waals surface area (Å²) in [5.74, 6) is 7.03. The molecule has 0 heterocycles. The highest BCUT2D eigenvalue weighted by Crippen LogP contribution is 2.20. The first-order valence-corrected chi connectivity index (χ1v) is 6.83. The molecular formula is C13H28N4. The van der Waals surface area contributed by atoms with Gasteiger partial charge in [-0.1, -0.05) is 33.1 Å². The minimum Gasteiger partial charge on any atom is -0.342 e. The lowest BCUT2D eigenvalue weighted by Gasteiger charge is -2.31. The molecule has 0 spiro atoms. The van der Waals surface area contributed by atoms with Crippen LogP contribution in [-0.2, 0) is 0 Å². The maximum absolute atomic E-state index is 5.61. The van der Waals surface area contributed by atoms with Crippen molar-refractivity contribution in [1.29, 1.82) is 0 Å². The smallest absolute Gasteiger partial charge is 0.208 e. The van der Waals surface area contributed by atoms with E-state index in [1.807, 2.05) is 0 Å². The fourth-order valence-corrected chi connectivity index (χ4v) is 2.25. The van der Waals surface area contributed by atoms with E-state index in [1.165, 1.54) is 32.1 Å². The number of guanidine groups is 1.